The van der Waals surface area contributed by atoms with Crippen molar-refractivity contribution in [1.82, 2.24) is 29.9 Å². The van der Waals surface area contributed by atoms with Gasteiger partial charge in [-0.15, -0.1) is 0 Å². The standard InChI is InChI=1S/C34H22N8/c1-5-13-21(14-6-1)25-26(22-15-7-2-8-16-22)36-30-29(35-25)39-33-34(40-30)42-32-31(41-33)37-27(23-17-9-3-10-18-23)28(38-32)24-19-11-4-12-20-24/h1-20H,(H,35,37,39,41)(H,36,38,40,42). The fourth-order valence-corrected chi connectivity index (χ4v) is 5.08. The lowest BCUT2D eigenvalue weighted by Gasteiger charge is -2.22. The summed E-state index contributed by atoms with van der Waals surface area (Å²) in [6.45, 7) is 0. The molecule has 2 N–H and O–H groups in total. The van der Waals surface area contributed by atoms with E-state index in [0.717, 1.165) is 45.0 Å². The number of aromatic nitrogens is 6. The number of nitrogens with one attached hydrogen (secondary N) is 2. The van der Waals surface area contributed by atoms with Crippen LogP contribution < -0.4 is 10.6 Å². The van der Waals surface area contributed by atoms with Gasteiger partial charge in [0.2, 0.25) is 11.3 Å². The summed E-state index contributed by atoms with van der Waals surface area (Å²) in [6.07, 6.45) is 0. The summed E-state index contributed by atoms with van der Waals surface area (Å²) < 4.78 is 0. The van der Waals surface area contributed by atoms with Crippen molar-refractivity contribution in [2.75, 3.05) is 10.6 Å². The fraction of sp³-hybridized carbons (Fsp3) is 0. The molecule has 0 atom stereocenters. The van der Waals surface area contributed by atoms with Crippen molar-refractivity contribution in [3.05, 3.63) is 121 Å². The monoisotopic (exact) mass is 542 g/mol. The maximum absolute atomic E-state index is 5.02. The van der Waals surface area contributed by atoms with Crippen LogP contribution in [0.3, 0.4) is 0 Å². The molecule has 42 heavy (non-hydrogen) atoms. The number of hydrogen-bond donors (Lipinski definition) is 2. The van der Waals surface area contributed by atoms with Gasteiger partial charge in [0.15, 0.2) is 23.3 Å². The van der Waals surface area contributed by atoms with Crippen molar-refractivity contribution >= 4 is 34.6 Å². The molecule has 4 heterocycles. The highest BCUT2D eigenvalue weighted by Crippen LogP contribution is 2.40. The molecule has 0 bridgehead atoms. The van der Waals surface area contributed by atoms with Crippen molar-refractivity contribution < 1.29 is 0 Å². The van der Waals surface area contributed by atoms with Gasteiger partial charge in [-0.1, -0.05) is 121 Å². The van der Waals surface area contributed by atoms with E-state index >= 15 is 0 Å². The summed E-state index contributed by atoms with van der Waals surface area (Å²) in [5.41, 5.74) is 7.73. The molecule has 1 aliphatic heterocycles. The number of rotatable bonds is 4. The molecule has 0 fully saturated rings. The third kappa shape index (κ3) is 4.18. The molecule has 198 valence electrons. The first kappa shape index (κ1) is 23.8. The van der Waals surface area contributed by atoms with Crippen LogP contribution in [0.25, 0.3) is 56.3 Å². The highest BCUT2D eigenvalue weighted by atomic mass is 15.2. The molecule has 0 saturated heterocycles. The summed E-state index contributed by atoms with van der Waals surface area (Å²) in [7, 11) is 0. The topological polar surface area (TPSA) is 101 Å². The Bertz CT molecular complexity index is 1920. The lowest BCUT2D eigenvalue weighted by atomic mass is 10.0. The van der Waals surface area contributed by atoms with Crippen molar-refractivity contribution in [2.24, 2.45) is 0 Å². The van der Waals surface area contributed by atoms with Crippen LogP contribution in [0.15, 0.2) is 121 Å². The minimum Gasteiger partial charge on any atom is -0.319 e. The predicted molar refractivity (Wildman–Crippen MR) is 165 cm³/mol. The Balaban J connectivity index is 1.28. The molecule has 8 rings (SSSR count). The van der Waals surface area contributed by atoms with E-state index in [-0.39, 0.29) is 0 Å². The van der Waals surface area contributed by atoms with Crippen molar-refractivity contribution in [3.63, 3.8) is 0 Å². The molecule has 1 aliphatic rings. The number of fused-ring (bicyclic) bond motifs is 3. The highest BCUT2D eigenvalue weighted by Gasteiger charge is 2.25. The number of benzene rings is 4. The molecule has 0 unspecified atom stereocenters. The van der Waals surface area contributed by atoms with Gasteiger partial charge >= 0.3 is 0 Å². The Labute approximate surface area is 241 Å². The third-order valence-corrected chi connectivity index (χ3v) is 7.08. The Morgan fingerprint density at radius 1 is 0.286 bits per heavy atom. The maximum atomic E-state index is 5.02. The van der Waals surface area contributed by atoms with Crippen LogP contribution in [0.4, 0.5) is 23.3 Å². The quantitative estimate of drug-likeness (QED) is 0.234. The molecule has 7 aromatic rings. The van der Waals surface area contributed by atoms with Crippen LogP contribution in [0.5, 0.6) is 0 Å². The molecule has 0 radical (unpaired) electrons. The summed E-state index contributed by atoms with van der Waals surface area (Å²) in [5, 5.41) is 6.70. The van der Waals surface area contributed by atoms with Crippen LogP contribution in [0.2, 0.25) is 0 Å². The van der Waals surface area contributed by atoms with Crippen LogP contribution in [-0.4, -0.2) is 29.9 Å². The van der Waals surface area contributed by atoms with E-state index in [1.807, 2.05) is 121 Å². The second kappa shape index (κ2) is 9.87. The number of anilines is 4. The van der Waals surface area contributed by atoms with E-state index in [1.54, 1.807) is 0 Å². The molecule has 0 amide bonds. The van der Waals surface area contributed by atoms with Gasteiger partial charge in [-0.3, -0.25) is 0 Å². The predicted octanol–water partition coefficient (Wildman–Crippen LogP) is 7.68. The minimum absolute atomic E-state index is 0.433. The molecule has 0 spiro atoms. The number of hydrogen-bond acceptors (Lipinski definition) is 8. The van der Waals surface area contributed by atoms with Gasteiger partial charge in [0.25, 0.3) is 0 Å². The van der Waals surface area contributed by atoms with Crippen molar-refractivity contribution in [1.29, 1.82) is 0 Å². The van der Waals surface area contributed by atoms with Gasteiger partial charge in [0.05, 0.1) is 22.8 Å². The molecule has 0 aliphatic carbocycles. The normalized spacial score (nSPS) is 11.7. The van der Waals surface area contributed by atoms with Crippen molar-refractivity contribution in [2.45, 2.75) is 0 Å². The lowest BCUT2D eigenvalue weighted by Crippen LogP contribution is -2.15. The smallest absolute Gasteiger partial charge is 0.200 e. The Kier molecular flexibility index (Phi) is 5.60. The van der Waals surface area contributed by atoms with Crippen LogP contribution in [0.1, 0.15) is 0 Å². The zero-order valence-corrected chi connectivity index (χ0v) is 22.2. The average Bonchev–Trinajstić information content (AvgIpc) is 3.07. The SMILES string of the molecule is c1ccc(-c2nc3c(nc2-c2ccccc2)Nc2nc4nc(-c5ccccc5)c(-c5ccccc5)nc4nc2N3)cc1. The van der Waals surface area contributed by atoms with Gasteiger partial charge in [0, 0.05) is 22.3 Å². The molecular weight excluding hydrogens is 520 g/mol. The van der Waals surface area contributed by atoms with Gasteiger partial charge in [0.1, 0.15) is 0 Å². The molecule has 0 saturated carbocycles. The lowest BCUT2D eigenvalue weighted by molar-refractivity contribution is 1.12. The fourth-order valence-electron chi connectivity index (χ4n) is 5.08. The molecule has 4 aromatic carbocycles. The zero-order chi connectivity index (χ0) is 27.9. The van der Waals surface area contributed by atoms with Gasteiger partial charge in [-0.25, -0.2) is 29.9 Å². The molecule has 8 nitrogen and oxygen atoms in total. The third-order valence-electron chi connectivity index (χ3n) is 7.08. The van der Waals surface area contributed by atoms with Gasteiger partial charge in [-0.05, 0) is 0 Å². The second-order valence-corrected chi connectivity index (χ2v) is 9.82. The largest absolute Gasteiger partial charge is 0.319 e. The van der Waals surface area contributed by atoms with E-state index in [1.165, 1.54) is 0 Å². The van der Waals surface area contributed by atoms with Gasteiger partial charge < -0.3 is 10.6 Å². The van der Waals surface area contributed by atoms with Crippen LogP contribution in [0, 0.1) is 0 Å². The first-order valence-corrected chi connectivity index (χ1v) is 13.6. The van der Waals surface area contributed by atoms with E-state index in [0.29, 0.717) is 34.6 Å². The Morgan fingerprint density at radius 2 is 0.548 bits per heavy atom. The molecule has 8 heteroatoms. The van der Waals surface area contributed by atoms with Crippen LogP contribution in [-0.2, 0) is 0 Å². The van der Waals surface area contributed by atoms with Crippen LogP contribution >= 0.6 is 0 Å². The average molecular weight is 543 g/mol. The summed E-state index contributed by atoms with van der Waals surface area (Å²) in [4.78, 5) is 29.6. The van der Waals surface area contributed by atoms with E-state index < -0.39 is 0 Å². The Hall–Kier alpha value is -6.02. The Morgan fingerprint density at radius 3 is 0.857 bits per heavy atom. The highest BCUT2D eigenvalue weighted by molar-refractivity contribution is 5.91. The first-order valence-electron chi connectivity index (χ1n) is 13.6. The zero-order valence-electron chi connectivity index (χ0n) is 22.2. The summed E-state index contributed by atoms with van der Waals surface area (Å²) in [5.74, 6) is 2.15. The van der Waals surface area contributed by atoms with E-state index in [9.17, 15) is 0 Å². The van der Waals surface area contributed by atoms with E-state index in [2.05, 4.69) is 10.6 Å². The molecular formula is C34H22N8. The summed E-state index contributed by atoms with van der Waals surface area (Å²) in [6, 6.07) is 40.1. The van der Waals surface area contributed by atoms with E-state index in [4.69, 9.17) is 29.9 Å². The first-order chi connectivity index (χ1) is 20.8. The summed E-state index contributed by atoms with van der Waals surface area (Å²) >= 11 is 0. The minimum atomic E-state index is 0.433. The molecule has 3 aromatic heterocycles. The van der Waals surface area contributed by atoms with Gasteiger partial charge in [-0.2, -0.15) is 0 Å². The second-order valence-electron chi connectivity index (χ2n) is 9.82. The number of nitrogens with zero attached hydrogens (tertiary/aromatic N) is 6. The maximum Gasteiger partial charge on any atom is 0.200 e. The van der Waals surface area contributed by atoms with Crippen molar-refractivity contribution in [3.8, 4) is 45.0 Å².